The number of ether oxygens (including phenoxy) is 2. The highest BCUT2D eigenvalue weighted by Gasteiger charge is 2.30. The van der Waals surface area contributed by atoms with E-state index in [2.05, 4.69) is 0 Å². The first-order valence-corrected chi connectivity index (χ1v) is 7.89. The van der Waals surface area contributed by atoms with E-state index in [0.29, 0.717) is 31.7 Å². The van der Waals surface area contributed by atoms with Crippen LogP contribution in [-0.4, -0.2) is 46.1 Å². The van der Waals surface area contributed by atoms with Gasteiger partial charge in [0.15, 0.2) is 0 Å². The number of benzene rings is 1. The van der Waals surface area contributed by atoms with Crippen molar-refractivity contribution in [1.82, 2.24) is 4.31 Å². The lowest BCUT2D eigenvalue weighted by Gasteiger charge is -2.30. The minimum Gasteiger partial charge on any atom is -0.497 e. The Kier molecular flexibility index (Phi) is 4.52. The van der Waals surface area contributed by atoms with E-state index in [1.807, 2.05) is 0 Å². The highest BCUT2D eigenvalue weighted by molar-refractivity contribution is 7.89. The normalized spacial score (nSPS) is 18.1. The van der Waals surface area contributed by atoms with Crippen LogP contribution < -0.4 is 10.5 Å². The number of hydrogen-bond donors (Lipinski definition) is 1. The summed E-state index contributed by atoms with van der Waals surface area (Å²) in [4.78, 5) is 0.133. The average Bonchev–Trinajstić information content (AvgIpc) is 2.46. The van der Waals surface area contributed by atoms with Crippen LogP contribution in [0.4, 0.5) is 5.69 Å². The topological polar surface area (TPSA) is 81.9 Å². The van der Waals surface area contributed by atoms with E-state index in [4.69, 9.17) is 15.2 Å². The third kappa shape index (κ3) is 2.89. The van der Waals surface area contributed by atoms with Gasteiger partial charge < -0.3 is 15.2 Å². The van der Waals surface area contributed by atoms with Gasteiger partial charge in [-0.25, -0.2) is 8.42 Å². The van der Waals surface area contributed by atoms with Gasteiger partial charge in [0.2, 0.25) is 10.0 Å². The lowest BCUT2D eigenvalue weighted by molar-refractivity contribution is 0.0604. The third-order valence-electron chi connectivity index (χ3n) is 3.57. The summed E-state index contributed by atoms with van der Waals surface area (Å²) in [5, 5.41) is 0. The van der Waals surface area contributed by atoms with Crippen molar-refractivity contribution in [1.29, 1.82) is 0 Å². The van der Waals surface area contributed by atoms with E-state index in [-0.39, 0.29) is 16.7 Å². The molecule has 0 aromatic heterocycles. The van der Waals surface area contributed by atoms with Crippen LogP contribution in [0.1, 0.15) is 12.8 Å². The minimum absolute atomic E-state index is 0.133. The zero-order valence-corrected chi connectivity index (χ0v) is 12.5. The molecule has 2 rings (SSSR count). The SMILES string of the molecule is COc1ccc(S(=O)(=O)N2CCC(OC)CC2)c(N)c1. The number of piperidine rings is 1. The highest BCUT2D eigenvalue weighted by atomic mass is 32.2. The summed E-state index contributed by atoms with van der Waals surface area (Å²) in [6.45, 7) is 0.901. The molecule has 0 saturated carbocycles. The molecule has 1 heterocycles. The second-order valence-electron chi connectivity index (χ2n) is 4.74. The molecule has 1 aromatic rings. The Labute approximate surface area is 119 Å². The Morgan fingerprint density at radius 1 is 1.25 bits per heavy atom. The molecule has 1 saturated heterocycles. The summed E-state index contributed by atoms with van der Waals surface area (Å²) in [5.41, 5.74) is 6.04. The second-order valence-corrected chi connectivity index (χ2v) is 6.65. The molecule has 1 aliphatic rings. The fourth-order valence-electron chi connectivity index (χ4n) is 2.34. The van der Waals surface area contributed by atoms with Gasteiger partial charge in [-0.05, 0) is 25.0 Å². The summed E-state index contributed by atoms with van der Waals surface area (Å²) < 4.78 is 36.9. The number of nitrogens with two attached hydrogens (primary N) is 1. The standard InChI is InChI=1S/C13H20N2O4S/c1-18-10-5-7-15(8-6-10)20(16,17)13-4-3-11(19-2)9-12(13)14/h3-4,9-10H,5-8,14H2,1-2H3. The molecule has 0 radical (unpaired) electrons. The van der Waals surface area contributed by atoms with Crippen LogP contribution in [0, 0.1) is 0 Å². The summed E-state index contributed by atoms with van der Waals surface area (Å²) in [6.07, 6.45) is 1.53. The maximum absolute atomic E-state index is 12.6. The first-order valence-electron chi connectivity index (χ1n) is 6.45. The number of rotatable bonds is 4. The lowest BCUT2D eigenvalue weighted by Crippen LogP contribution is -2.40. The largest absolute Gasteiger partial charge is 0.497 e. The quantitative estimate of drug-likeness (QED) is 0.841. The van der Waals surface area contributed by atoms with Crippen LogP contribution in [0.2, 0.25) is 0 Å². The van der Waals surface area contributed by atoms with Crippen LogP contribution in [0.3, 0.4) is 0 Å². The molecule has 20 heavy (non-hydrogen) atoms. The summed E-state index contributed by atoms with van der Waals surface area (Å²) in [6, 6.07) is 4.62. The molecule has 7 heteroatoms. The molecule has 0 atom stereocenters. The van der Waals surface area contributed by atoms with Crippen LogP contribution in [0.15, 0.2) is 23.1 Å². The Hall–Kier alpha value is -1.31. The average molecular weight is 300 g/mol. The Morgan fingerprint density at radius 3 is 2.40 bits per heavy atom. The molecule has 6 nitrogen and oxygen atoms in total. The van der Waals surface area contributed by atoms with E-state index in [1.165, 1.54) is 23.5 Å². The molecule has 1 fully saturated rings. The van der Waals surface area contributed by atoms with Gasteiger partial charge in [-0.15, -0.1) is 0 Å². The van der Waals surface area contributed by atoms with Gasteiger partial charge >= 0.3 is 0 Å². The lowest BCUT2D eigenvalue weighted by atomic mass is 10.1. The smallest absolute Gasteiger partial charge is 0.245 e. The van der Waals surface area contributed by atoms with Gasteiger partial charge in [0.1, 0.15) is 10.6 Å². The molecule has 0 aliphatic carbocycles. The molecule has 0 unspecified atom stereocenters. The molecular formula is C13H20N2O4S. The van der Waals surface area contributed by atoms with Crippen molar-refractivity contribution in [2.45, 2.75) is 23.8 Å². The van der Waals surface area contributed by atoms with Crippen molar-refractivity contribution in [2.75, 3.05) is 33.0 Å². The van der Waals surface area contributed by atoms with E-state index in [0.717, 1.165) is 0 Å². The van der Waals surface area contributed by atoms with Gasteiger partial charge in [-0.1, -0.05) is 0 Å². The van der Waals surface area contributed by atoms with E-state index in [1.54, 1.807) is 13.2 Å². The van der Waals surface area contributed by atoms with Crippen LogP contribution in [0.25, 0.3) is 0 Å². The molecular weight excluding hydrogens is 280 g/mol. The van der Waals surface area contributed by atoms with Crippen LogP contribution >= 0.6 is 0 Å². The molecule has 2 N–H and O–H groups in total. The minimum atomic E-state index is -3.55. The van der Waals surface area contributed by atoms with Crippen molar-refractivity contribution in [3.63, 3.8) is 0 Å². The highest BCUT2D eigenvalue weighted by Crippen LogP contribution is 2.28. The number of anilines is 1. The monoisotopic (exact) mass is 300 g/mol. The zero-order valence-electron chi connectivity index (χ0n) is 11.7. The molecule has 112 valence electrons. The Morgan fingerprint density at radius 2 is 1.90 bits per heavy atom. The predicted molar refractivity (Wildman–Crippen MR) is 76.2 cm³/mol. The third-order valence-corrected chi connectivity index (χ3v) is 5.54. The number of sulfonamides is 1. The van der Waals surface area contributed by atoms with E-state index < -0.39 is 10.0 Å². The molecule has 0 spiro atoms. The van der Waals surface area contributed by atoms with Crippen molar-refractivity contribution in [2.24, 2.45) is 0 Å². The maximum Gasteiger partial charge on any atom is 0.245 e. The number of nitrogens with zero attached hydrogens (tertiary/aromatic N) is 1. The van der Waals surface area contributed by atoms with Crippen LogP contribution in [0.5, 0.6) is 5.75 Å². The van der Waals surface area contributed by atoms with Gasteiger partial charge in [-0.3, -0.25) is 0 Å². The summed E-state index contributed by atoms with van der Waals surface area (Å²) in [7, 11) is -0.391. The number of nitrogen functional groups attached to an aromatic ring is 1. The maximum atomic E-state index is 12.6. The Bertz CT molecular complexity index is 566. The summed E-state index contributed by atoms with van der Waals surface area (Å²) in [5.74, 6) is 0.541. The van der Waals surface area contributed by atoms with Gasteiger partial charge in [0.05, 0.1) is 18.9 Å². The fourth-order valence-corrected chi connectivity index (χ4v) is 3.90. The number of hydrogen-bond acceptors (Lipinski definition) is 5. The Balaban J connectivity index is 2.23. The van der Waals surface area contributed by atoms with Crippen molar-refractivity contribution < 1.29 is 17.9 Å². The van der Waals surface area contributed by atoms with Crippen molar-refractivity contribution >= 4 is 15.7 Å². The van der Waals surface area contributed by atoms with Crippen molar-refractivity contribution in [3.05, 3.63) is 18.2 Å². The fraction of sp³-hybridized carbons (Fsp3) is 0.538. The van der Waals surface area contributed by atoms with Crippen molar-refractivity contribution in [3.8, 4) is 5.75 Å². The predicted octanol–water partition coefficient (Wildman–Crippen LogP) is 1.08. The zero-order chi connectivity index (χ0) is 14.8. The van der Waals surface area contributed by atoms with Gasteiger partial charge in [0, 0.05) is 26.3 Å². The van der Waals surface area contributed by atoms with E-state index in [9.17, 15) is 8.42 Å². The van der Waals surface area contributed by atoms with E-state index >= 15 is 0 Å². The second kappa shape index (κ2) is 5.99. The summed E-state index contributed by atoms with van der Waals surface area (Å²) >= 11 is 0. The molecule has 1 aromatic carbocycles. The first-order chi connectivity index (χ1) is 9.48. The number of methoxy groups -OCH3 is 2. The molecule has 1 aliphatic heterocycles. The van der Waals surface area contributed by atoms with Gasteiger partial charge in [-0.2, -0.15) is 4.31 Å². The molecule has 0 bridgehead atoms. The first kappa shape index (κ1) is 15.1. The molecule has 0 amide bonds. The van der Waals surface area contributed by atoms with Gasteiger partial charge in [0.25, 0.3) is 0 Å². The van der Waals surface area contributed by atoms with Crippen LogP contribution in [-0.2, 0) is 14.8 Å².